The average molecular weight is 384 g/mol. The molecule has 0 unspecified atom stereocenters. The lowest BCUT2D eigenvalue weighted by Gasteiger charge is -2.11. The molecule has 1 N–H and O–H groups in total. The lowest BCUT2D eigenvalue weighted by atomic mass is 10.2. The molecule has 0 aromatic heterocycles. The standard InChI is InChI=1S/C17H15Cl2NO5/c1-23-11-6-10(7-12(8-11)24-2)20-15(21)9-25-17(22)16-13(18)4-3-5-14(16)19/h3-8H,9H2,1-2H3,(H,20,21). The van der Waals surface area contributed by atoms with Gasteiger partial charge in [-0.1, -0.05) is 29.3 Å². The van der Waals surface area contributed by atoms with E-state index in [-0.39, 0.29) is 15.6 Å². The van der Waals surface area contributed by atoms with E-state index < -0.39 is 18.5 Å². The summed E-state index contributed by atoms with van der Waals surface area (Å²) >= 11 is 11.8. The summed E-state index contributed by atoms with van der Waals surface area (Å²) < 4.78 is 15.2. The highest BCUT2D eigenvalue weighted by Crippen LogP contribution is 2.26. The Balaban J connectivity index is 2.00. The summed E-state index contributed by atoms with van der Waals surface area (Å²) in [5, 5.41) is 2.88. The van der Waals surface area contributed by atoms with Gasteiger partial charge >= 0.3 is 5.97 Å². The van der Waals surface area contributed by atoms with Gasteiger partial charge in [0.05, 0.1) is 29.8 Å². The average Bonchev–Trinajstić information content (AvgIpc) is 2.59. The van der Waals surface area contributed by atoms with Crippen molar-refractivity contribution >= 4 is 40.8 Å². The van der Waals surface area contributed by atoms with Crippen molar-refractivity contribution < 1.29 is 23.8 Å². The van der Waals surface area contributed by atoms with E-state index in [4.69, 9.17) is 37.4 Å². The first-order chi connectivity index (χ1) is 11.9. The van der Waals surface area contributed by atoms with E-state index in [0.717, 1.165) is 0 Å². The van der Waals surface area contributed by atoms with Crippen LogP contribution in [0.4, 0.5) is 5.69 Å². The molecule has 0 saturated heterocycles. The van der Waals surface area contributed by atoms with Crippen LogP contribution >= 0.6 is 23.2 Å². The number of rotatable bonds is 6. The number of nitrogens with one attached hydrogen (secondary N) is 1. The largest absolute Gasteiger partial charge is 0.497 e. The summed E-state index contributed by atoms with van der Waals surface area (Å²) in [6.45, 7) is -0.500. The van der Waals surface area contributed by atoms with E-state index in [1.54, 1.807) is 24.3 Å². The van der Waals surface area contributed by atoms with Crippen molar-refractivity contribution in [2.45, 2.75) is 0 Å². The molecule has 25 heavy (non-hydrogen) atoms. The monoisotopic (exact) mass is 383 g/mol. The minimum Gasteiger partial charge on any atom is -0.497 e. The van der Waals surface area contributed by atoms with E-state index >= 15 is 0 Å². The number of esters is 1. The summed E-state index contributed by atoms with van der Waals surface area (Å²) in [4.78, 5) is 24.0. The lowest BCUT2D eigenvalue weighted by Crippen LogP contribution is -2.21. The number of carbonyl (C=O) groups excluding carboxylic acids is 2. The minimum atomic E-state index is -0.783. The molecule has 2 aromatic carbocycles. The maximum Gasteiger partial charge on any atom is 0.341 e. The maximum absolute atomic E-state index is 12.0. The van der Waals surface area contributed by atoms with E-state index in [1.165, 1.54) is 26.4 Å². The molecule has 0 aliphatic carbocycles. The zero-order valence-electron chi connectivity index (χ0n) is 13.5. The van der Waals surface area contributed by atoms with E-state index in [9.17, 15) is 9.59 Å². The van der Waals surface area contributed by atoms with Crippen LogP contribution < -0.4 is 14.8 Å². The van der Waals surface area contributed by atoms with E-state index in [1.807, 2.05) is 0 Å². The quantitative estimate of drug-likeness (QED) is 0.767. The van der Waals surface area contributed by atoms with Crippen LogP contribution in [0.3, 0.4) is 0 Å². The third kappa shape index (κ3) is 5.01. The zero-order chi connectivity index (χ0) is 18.4. The SMILES string of the molecule is COc1cc(NC(=O)COC(=O)c2c(Cl)cccc2Cl)cc(OC)c1. The van der Waals surface area contributed by atoms with Gasteiger partial charge in [-0.05, 0) is 12.1 Å². The van der Waals surface area contributed by atoms with Crippen molar-refractivity contribution in [2.24, 2.45) is 0 Å². The molecule has 0 aliphatic heterocycles. The second-order valence-corrected chi connectivity index (χ2v) is 5.64. The number of methoxy groups -OCH3 is 2. The minimum absolute atomic E-state index is 0.0154. The fourth-order valence-electron chi connectivity index (χ4n) is 1.97. The van der Waals surface area contributed by atoms with Gasteiger partial charge in [0.2, 0.25) is 0 Å². The van der Waals surface area contributed by atoms with Gasteiger partial charge in [-0.2, -0.15) is 0 Å². The van der Waals surface area contributed by atoms with Crippen molar-refractivity contribution in [3.63, 3.8) is 0 Å². The Morgan fingerprint density at radius 1 is 1.00 bits per heavy atom. The highest BCUT2D eigenvalue weighted by molar-refractivity contribution is 6.39. The molecule has 6 nitrogen and oxygen atoms in total. The van der Waals surface area contributed by atoms with Crippen LogP contribution in [0.5, 0.6) is 11.5 Å². The van der Waals surface area contributed by atoms with Crippen LogP contribution in [0, 0.1) is 0 Å². The highest BCUT2D eigenvalue weighted by Gasteiger charge is 2.17. The molecule has 2 rings (SSSR count). The Morgan fingerprint density at radius 2 is 1.56 bits per heavy atom. The molecule has 0 bridgehead atoms. The van der Waals surface area contributed by atoms with Gasteiger partial charge in [0, 0.05) is 23.9 Å². The molecule has 0 atom stereocenters. The number of amides is 1. The Labute approximate surface area is 154 Å². The van der Waals surface area contributed by atoms with Gasteiger partial charge in [-0.15, -0.1) is 0 Å². The summed E-state index contributed by atoms with van der Waals surface area (Å²) in [6, 6.07) is 9.49. The van der Waals surface area contributed by atoms with Gasteiger partial charge in [0.1, 0.15) is 11.5 Å². The van der Waals surface area contributed by atoms with Crippen LogP contribution in [-0.4, -0.2) is 32.7 Å². The maximum atomic E-state index is 12.0. The van der Waals surface area contributed by atoms with Gasteiger partial charge in [0.15, 0.2) is 6.61 Å². The third-order valence-electron chi connectivity index (χ3n) is 3.14. The Hall–Kier alpha value is -2.44. The molecule has 0 heterocycles. The predicted octanol–water partition coefficient (Wildman–Crippen LogP) is 3.81. The summed E-state index contributed by atoms with van der Waals surface area (Å²) in [5.41, 5.74) is 0.453. The van der Waals surface area contributed by atoms with Crippen molar-refractivity contribution in [2.75, 3.05) is 26.1 Å². The Morgan fingerprint density at radius 3 is 2.08 bits per heavy atom. The molecule has 132 valence electrons. The second-order valence-electron chi connectivity index (χ2n) is 4.82. The second kappa shape index (κ2) is 8.60. The van der Waals surface area contributed by atoms with Gasteiger partial charge in [-0.25, -0.2) is 4.79 Å². The summed E-state index contributed by atoms with van der Waals surface area (Å²) in [6.07, 6.45) is 0. The third-order valence-corrected chi connectivity index (χ3v) is 3.77. The molecular weight excluding hydrogens is 369 g/mol. The molecule has 2 aromatic rings. The first-order valence-electron chi connectivity index (χ1n) is 7.08. The van der Waals surface area contributed by atoms with Crippen LogP contribution in [0.25, 0.3) is 0 Å². The number of halogens is 2. The van der Waals surface area contributed by atoms with Crippen LogP contribution in [0.1, 0.15) is 10.4 Å². The molecule has 0 fully saturated rings. The first-order valence-corrected chi connectivity index (χ1v) is 7.84. The van der Waals surface area contributed by atoms with Gasteiger partial charge in [-0.3, -0.25) is 4.79 Å². The van der Waals surface area contributed by atoms with Gasteiger partial charge in [0.25, 0.3) is 5.91 Å². The topological polar surface area (TPSA) is 73.9 Å². The van der Waals surface area contributed by atoms with Gasteiger partial charge < -0.3 is 19.5 Å². The number of carbonyl (C=O) groups is 2. The molecular formula is C17H15Cl2NO5. The lowest BCUT2D eigenvalue weighted by molar-refractivity contribution is -0.119. The summed E-state index contributed by atoms with van der Waals surface area (Å²) in [5.74, 6) is -0.301. The molecule has 1 amide bonds. The molecule has 8 heteroatoms. The zero-order valence-corrected chi connectivity index (χ0v) is 15.0. The first kappa shape index (κ1) is 18.9. The fraction of sp³-hybridized carbons (Fsp3) is 0.176. The normalized spacial score (nSPS) is 10.1. The molecule has 0 spiro atoms. The number of anilines is 1. The Kier molecular flexibility index (Phi) is 6.50. The van der Waals surface area contributed by atoms with Crippen molar-refractivity contribution in [3.8, 4) is 11.5 Å². The Bertz CT molecular complexity index is 752. The molecule has 0 saturated carbocycles. The molecule has 0 aliphatic rings. The number of hydrogen-bond donors (Lipinski definition) is 1. The number of hydrogen-bond acceptors (Lipinski definition) is 5. The van der Waals surface area contributed by atoms with Crippen LogP contribution in [-0.2, 0) is 9.53 Å². The van der Waals surface area contributed by atoms with Crippen molar-refractivity contribution in [1.82, 2.24) is 0 Å². The van der Waals surface area contributed by atoms with Crippen molar-refractivity contribution in [1.29, 1.82) is 0 Å². The predicted molar refractivity (Wildman–Crippen MR) is 94.9 cm³/mol. The fourth-order valence-corrected chi connectivity index (χ4v) is 2.52. The number of ether oxygens (including phenoxy) is 3. The van der Waals surface area contributed by atoms with Crippen molar-refractivity contribution in [3.05, 3.63) is 52.0 Å². The summed E-state index contributed by atoms with van der Waals surface area (Å²) in [7, 11) is 2.99. The van der Waals surface area contributed by atoms with Crippen LogP contribution in [0.15, 0.2) is 36.4 Å². The van der Waals surface area contributed by atoms with E-state index in [0.29, 0.717) is 17.2 Å². The molecule has 0 radical (unpaired) electrons. The number of benzene rings is 2. The highest BCUT2D eigenvalue weighted by atomic mass is 35.5. The smallest absolute Gasteiger partial charge is 0.341 e. The van der Waals surface area contributed by atoms with Crippen LogP contribution in [0.2, 0.25) is 10.0 Å². The van der Waals surface area contributed by atoms with E-state index in [2.05, 4.69) is 5.32 Å².